The molecule has 0 aromatic rings. The highest BCUT2D eigenvalue weighted by atomic mass is 19.4. The zero-order chi connectivity index (χ0) is 12.9. The number of hydrazine groups is 1. The van der Waals surface area contributed by atoms with Crippen molar-refractivity contribution in [2.75, 3.05) is 0 Å². The molecule has 0 saturated heterocycles. The Morgan fingerprint density at radius 1 is 1.19 bits per heavy atom. The van der Waals surface area contributed by atoms with Gasteiger partial charge in [0.1, 0.15) is 6.04 Å². The first-order valence-electron chi connectivity index (χ1n) is 3.81. The summed E-state index contributed by atoms with van der Waals surface area (Å²) in [5, 5.41) is 9.86. The number of carbonyl (C=O) groups is 3. The molecule has 1 atom stereocenters. The SMILES string of the molecule is C[C@@H](NC(=O)O)C(=O)NNC(=O)C(F)(F)F. The molecule has 0 fully saturated rings. The number of rotatable bonds is 2. The van der Waals surface area contributed by atoms with Crippen LogP contribution in [0.4, 0.5) is 18.0 Å². The van der Waals surface area contributed by atoms with E-state index in [9.17, 15) is 27.6 Å². The second-order valence-electron chi connectivity index (χ2n) is 2.61. The van der Waals surface area contributed by atoms with E-state index in [2.05, 4.69) is 0 Å². The maximum Gasteiger partial charge on any atom is 0.472 e. The van der Waals surface area contributed by atoms with Crippen LogP contribution in [0.3, 0.4) is 0 Å². The lowest BCUT2D eigenvalue weighted by molar-refractivity contribution is -0.175. The van der Waals surface area contributed by atoms with Gasteiger partial charge in [0.15, 0.2) is 0 Å². The molecule has 0 aromatic carbocycles. The van der Waals surface area contributed by atoms with Crippen molar-refractivity contribution in [1.29, 1.82) is 0 Å². The Kier molecular flexibility index (Phi) is 4.54. The minimum Gasteiger partial charge on any atom is -0.465 e. The fourth-order valence-corrected chi connectivity index (χ4v) is 0.548. The van der Waals surface area contributed by atoms with Gasteiger partial charge < -0.3 is 10.4 Å². The third kappa shape index (κ3) is 5.02. The van der Waals surface area contributed by atoms with Crippen LogP contribution in [0.1, 0.15) is 6.92 Å². The molecule has 0 heterocycles. The van der Waals surface area contributed by atoms with Crippen LogP contribution in [0.2, 0.25) is 0 Å². The summed E-state index contributed by atoms with van der Waals surface area (Å²) in [5.74, 6) is -3.48. The number of hydrogen-bond donors (Lipinski definition) is 4. The van der Waals surface area contributed by atoms with Crippen LogP contribution in [-0.2, 0) is 9.59 Å². The molecule has 92 valence electrons. The van der Waals surface area contributed by atoms with Crippen LogP contribution in [0.25, 0.3) is 0 Å². The van der Waals surface area contributed by atoms with E-state index in [1.807, 2.05) is 0 Å². The lowest BCUT2D eigenvalue weighted by atomic mass is 10.3. The summed E-state index contributed by atoms with van der Waals surface area (Å²) in [5.41, 5.74) is 2.49. The summed E-state index contributed by atoms with van der Waals surface area (Å²) in [6.45, 7) is 1.09. The van der Waals surface area contributed by atoms with E-state index >= 15 is 0 Å². The molecule has 0 spiro atoms. The Morgan fingerprint density at radius 3 is 2.06 bits per heavy atom. The second kappa shape index (κ2) is 5.19. The number of nitrogens with one attached hydrogen (secondary N) is 3. The maximum absolute atomic E-state index is 11.6. The summed E-state index contributed by atoms with van der Waals surface area (Å²) in [6.07, 6.45) is -6.65. The standard InChI is InChI=1S/C6H8F3N3O4/c1-2(10-5(15)16)3(13)11-12-4(14)6(7,8)9/h2,10H,1H3,(H,11,13)(H,12,14)(H,15,16)/t2-/m1/s1. The van der Waals surface area contributed by atoms with Crippen molar-refractivity contribution in [2.24, 2.45) is 0 Å². The van der Waals surface area contributed by atoms with Gasteiger partial charge in [0.05, 0.1) is 0 Å². The summed E-state index contributed by atoms with van der Waals surface area (Å²) in [6, 6.07) is -1.30. The van der Waals surface area contributed by atoms with Crippen LogP contribution in [0.15, 0.2) is 0 Å². The third-order valence-electron chi connectivity index (χ3n) is 1.29. The number of hydrogen-bond acceptors (Lipinski definition) is 3. The molecule has 0 radical (unpaired) electrons. The Hall–Kier alpha value is -2.00. The van der Waals surface area contributed by atoms with E-state index in [0.717, 1.165) is 12.3 Å². The van der Waals surface area contributed by atoms with Gasteiger partial charge in [0.25, 0.3) is 5.91 Å². The smallest absolute Gasteiger partial charge is 0.465 e. The summed E-state index contributed by atoms with van der Waals surface area (Å²) < 4.78 is 34.9. The molecule has 7 nitrogen and oxygen atoms in total. The fraction of sp³-hybridized carbons (Fsp3) is 0.500. The Morgan fingerprint density at radius 2 is 1.69 bits per heavy atom. The van der Waals surface area contributed by atoms with Crippen molar-refractivity contribution in [3.63, 3.8) is 0 Å². The molecule has 0 unspecified atom stereocenters. The lowest BCUT2D eigenvalue weighted by Crippen LogP contribution is -2.53. The van der Waals surface area contributed by atoms with Gasteiger partial charge in [0.2, 0.25) is 0 Å². The van der Waals surface area contributed by atoms with Crippen LogP contribution < -0.4 is 16.2 Å². The first-order chi connectivity index (χ1) is 7.14. The van der Waals surface area contributed by atoms with E-state index < -0.39 is 30.1 Å². The van der Waals surface area contributed by atoms with E-state index in [-0.39, 0.29) is 0 Å². The number of amides is 3. The van der Waals surface area contributed by atoms with Crippen LogP contribution in [0.5, 0.6) is 0 Å². The van der Waals surface area contributed by atoms with E-state index in [1.165, 1.54) is 5.43 Å². The second-order valence-corrected chi connectivity index (χ2v) is 2.61. The molecule has 0 aromatic heterocycles. The zero-order valence-corrected chi connectivity index (χ0v) is 7.88. The molecular formula is C6H8F3N3O4. The summed E-state index contributed by atoms with van der Waals surface area (Å²) in [7, 11) is 0. The van der Waals surface area contributed by atoms with Gasteiger partial charge in [-0.15, -0.1) is 0 Å². The van der Waals surface area contributed by atoms with Gasteiger partial charge in [-0.3, -0.25) is 20.4 Å². The van der Waals surface area contributed by atoms with Crippen molar-refractivity contribution in [1.82, 2.24) is 16.2 Å². The Balaban J connectivity index is 4.08. The highest BCUT2D eigenvalue weighted by Gasteiger charge is 2.39. The molecule has 0 bridgehead atoms. The quantitative estimate of drug-likeness (QED) is 0.483. The molecule has 0 rings (SSSR count). The highest BCUT2D eigenvalue weighted by Crippen LogP contribution is 2.13. The minimum absolute atomic E-state index is 1.08. The predicted octanol–water partition coefficient (Wildman–Crippen LogP) is -0.648. The van der Waals surface area contributed by atoms with E-state index in [1.54, 1.807) is 5.32 Å². The van der Waals surface area contributed by atoms with Gasteiger partial charge in [-0.05, 0) is 6.92 Å². The molecule has 10 heteroatoms. The average molecular weight is 243 g/mol. The van der Waals surface area contributed by atoms with Crippen LogP contribution in [0, 0.1) is 0 Å². The monoisotopic (exact) mass is 243 g/mol. The van der Waals surface area contributed by atoms with Gasteiger partial charge in [-0.2, -0.15) is 13.2 Å². The molecule has 0 saturated carbocycles. The third-order valence-corrected chi connectivity index (χ3v) is 1.29. The van der Waals surface area contributed by atoms with E-state index in [0.29, 0.717) is 0 Å². The zero-order valence-electron chi connectivity index (χ0n) is 7.88. The van der Waals surface area contributed by atoms with Gasteiger partial charge in [0, 0.05) is 0 Å². The van der Waals surface area contributed by atoms with Crippen LogP contribution >= 0.6 is 0 Å². The molecule has 3 amide bonds. The molecule has 0 aliphatic heterocycles. The van der Waals surface area contributed by atoms with Crippen molar-refractivity contribution < 1.29 is 32.7 Å². The average Bonchev–Trinajstić information content (AvgIpc) is 2.10. The first-order valence-corrected chi connectivity index (χ1v) is 3.81. The number of halogens is 3. The normalized spacial score (nSPS) is 12.5. The maximum atomic E-state index is 11.6. The van der Waals surface area contributed by atoms with Crippen molar-refractivity contribution >= 4 is 17.9 Å². The summed E-state index contributed by atoms with van der Waals surface area (Å²) in [4.78, 5) is 31.2. The largest absolute Gasteiger partial charge is 0.472 e. The Labute approximate surface area is 87.0 Å². The minimum atomic E-state index is -5.13. The van der Waals surface area contributed by atoms with Crippen molar-refractivity contribution in [3.8, 4) is 0 Å². The Bertz CT molecular complexity index is 304. The first kappa shape index (κ1) is 14.0. The molecule has 0 aliphatic rings. The molecule has 4 N–H and O–H groups in total. The fourth-order valence-electron chi connectivity index (χ4n) is 0.548. The topological polar surface area (TPSA) is 108 Å². The van der Waals surface area contributed by atoms with Crippen molar-refractivity contribution in [3.05, 3.63) is 0 Å². The predicted molar refractivity (Wildman–Crippen MR) is 43.0 cm³/mol. The van der Waals surface area contributed by atoms with Crippen molar-refractivity contribution in [2.45, 2.75) is 19.1 Å². The highest BCUT2D eigenvalue weighted by molar-refractivity contribution is 5.88. The van der Waals surface area contributed by atoms with Gasteiger partial charge in [-0.25, -0.2) is 4.79 Å². The number of carboxylic acid groups (broad SMARTS) is 1. The van der Waals surface area contributed by atoms with Gasteiger partial charge >= 0.3 is 18.2 Å². The van der Waals surface area contributed by atoms with Crippen LogP contribution in [-0.4, -0.2) is 35.2 Å². The molecular weight excluding hydrogens is 235 g/mol. The molecule has 0 aliphatic carbocycles. The lowest BCUT2D eigenvalue weighted by Gasteiger charge is -2.13. The number of alkyl halides is 3. The number of carbonyl (C=O) groups excluding carboxylic acids is 2. The van der Waals surface area contributed by atoms with E-state index in [4.69, 9.17) is 5.11 Å². The summed E-state index contributed by atoms with van der Waals surface area (Å²) >= 11 is 0. The van der Waals surface area contributed by atoms with Gasteiger partial charge in [-0.1, -0.05) is 0 Å². The molecule has 16 heavy (non-hydrogen) atoms.